The molecule has 164 valence electrons. The molecule has 3 unspecified atom stereocenters. The van der Waals surface area contributed by atoms with Crippen LogP contribution in [0.3, 0.4) is 0 Å². The number of hydrogen-bond acceptors (Lipinski definition) is 6. The quantitative estimate of drug-likeness (QED) is 0.647. The Labute approximate surface area is 187 Å². The summed E-state index contributed by atoms with van der Waals surface area (Å²) in [5, 5.41) is 13.7. The first-order valence-electron chi connectivity index (χ1n) is 11.2. The molecule has 0 bridgehead atoms. The van der Waals surface area contributed by atoms with E-state index in [9.17, 15) is 4.79 Å². The fraction of sp³-hybridized carbons (Fsp3) is 0.360. The second kappa shape index (κ2) is 8.22. The molecule has 32 heavy (non-hydrogen) atoms. The van der Waals surface area contributed by atoms with E-state index in [1.165, 1.54) is 0 Å². The number of nitrogens with one attached hydrogen (secondary N) is 2. The van der Waals surface area contributed by atoms with Gasteiger partial charge in [-0.2, -0.15) is 5.10 Å². The highest BCUT2D eigenvalue weighted by Gasteiger charge is 2.39. The number of benzene rings is 1. The lowest BCUT2D eigenvalue weighted by Crippen LogP contribution is -2.43. The Morgan fingerprint density at radius 1 is 1.16 bits per heavy atom. The molecule has 7 nitrogen and oxygen atoms in total. The Bertz CT molecular complexity index is 1210. The van der Waals surface area contributed by atoms with Crippen LogP contribution in [0.4, 0.5) is 11.5 Å². The molecule has 1 amide bonds. The van der Waals surface area contributed by atoms with Gasteiger partial charge in [-0.15, -0.1) is 0 Å². The van der Waals surface area contributed by atoms with Gasteiger partial charge >= 0.3 is 0 Å². The number of rotatable bonds is 4. The second-order valence-corrected chi connectivity index (χ2v) is 8.91. The van der Waals surface area contributed by atoms with Crippen LogP contribution in [-0.2, 0) is 4.79 Å². The molecular formula is C25H28N6O. The van der Waals surface area contributed by atoms with E-state index in [4.69, 9.17) is 0 Å². The lowest BCUT2D eigenvalue weighted by molar-refractivity contribution is -0.119. The molecule has 1 fully saturated rings. The number of amides is 1. The number of fused-ring (bicyclic) bond motifs is 2. The fourth-order valence-corrected chi connectivity index (χ4v) is 4.69. The van der Waals surface area contributed by atoms with E-state index in [2.05, 4.69) is 50.6 Å². The standard InChI is InChI=1S/C25H28N6O/c1-15-6-7-31-23(8-15)21(14-29-31)25(32)30-19-5-4-16(2)20(10-19)17-9-18-13-28-24(26-3)11-22(18)27-12-17/h4-5,9-15,21,23H,6-8H2,1-3H3,(H,26,28)(H,30,32). The van der Waals surface area contributed by atoms with Gasteiger partial charge in [0, 0.05) is 54.9 Å². The molecule has 5 rings (SSSR count). The summed E-state index contributed by atoms with van der Waals surface area (Å²) in [5.41, 5.74) is 4.85. The number of carbonyl (C=O) groups excluding carboxylic acids is 1. The summed E-state index contributed by atoms with van der Waals surface area (Å²) < 4.78 is 0. The third-order valence-corrected chi connectivity index (χ3v) is 6.61. The van der Waals surface area contributed by atoms with E-state index in [1.807, 2.05) is 49.9 Å². The Morgan fingerprint density at radius 3 is 2.88 bits per heavy atom. The normalized spacial score (nSPS) is 22.1. The molecule has 2 aromatic heterocycles. The van der Waals surface area contributed by atoms with Gasteiger partial charge in [0.25, 0.3) is 0 Å². The zero-order chi connectivity index (χ0) is 22.2. The SMILES string of the molecule is CNc1cc2ncc(-c3cc(NC(=O)C4C=NN5CCC(C)CC45)ccc3C)cc2cn1. The molecule has 3 atom stereocenters. The van der Waals surface area contributed by atoms with Gasteiger partial charge in [-0.25, -0.2) is 4.98 Å². The van der Waals surface area contributed by atoms with Crippen LogP contribution in [0.1, 0.15) is 25.3 Å². The maximum atomic E-state index is 13.1. The first-order chi connectivity index (χ1) is 15.5. The lowest BCUT2D eigenvalue weighted by atomic mass is 9.87. The molecule has 0 aliphatic carbocycles. The average molecular weight is 429 g/mol. The minimum atomic E-state index is -0.211. The summed E-state index contributed by atoms with van der Waals surface area (Å²) in [6.45, 7) is 5.25. The first kappa shape index (κ1) is 20.4. The van der Waals surface area contributed by atoms with Gasteiger partial charge in [0.15, 0.2) is 0 Å². The summed E-state index contributed by atoms with van der Waals surface area (Å²) >= 11 is 0. The van der Waals surface area contributed by atoms with Crippen molar-refractivity contribution in [2.45, 2.75) is 32.7 Å². The van der Waals surface area contributed by atoms with Crippen molar-refractivity contribution < 1.29 is 4.79 Å². The lowest BCUT2D eigenvalue weighted by Gasteiger charge is -2.34. The molecule has 2 N–H and O–H groups in total. The number of piperidine rings is 1. The number of aryl methyl sites for hydroxylation is 1. The van der Waals surface area contributed by atoms with Crippen LogP contribution in [0, 0.1) is 18.8 Å². The van der Waals surface area contributed by atoms with Gasteiger partial charge in [0.1, 0.15) is 5.82 Å². The van der Waals surface area contributed by atoms with E-state index >= 15 is 0 Å². The number of anilines is 2. The van der Waals surface area contributed by atoms with Gasteiger partial charge in [-0.1, -0.05) is 13.0 Å². The van der Waals surface area contributed by atoms with Crippen molar-refractivity contribution in [3.8, 4) is 11.1 Å². The molecule has 0 saturated carbocycles. The smallest absolute Gasteiger partial charge is 0.235 e. The van der Waals surface area contributed by atoms with E-state index < -0.39 is 0 Å². The number of nitrogens with zero attached hydrogens (tertiary/aromatic N) is 4. The Hall–Kier alpha value is -3.48. The number of hydrogen-bond donors (Lipinski definition) is 2. The summed E-state index contributed by atoms with van der Waals surface area (Å²) in [4.78, 5) is 22.1. The number of carbonyl (C=O) groups is 1. The highest BCUT2D eigenvalue weighted by atomic mass is 16.2. The molecule has 1 saturated heterocycles. The molecule has 7 heteroatoms. The van der Waals surface area contributed by atoms with Crippen molar-refractivity contribution in [2.75, 3.05) is 24.2 Å². The predicted molar refractivity (Wildman–Crippen MR) is 129 cm³/mol. The molecule has 4 heterocycles. The maximum Gasteiger partial charge on any atom is 0.235 e. The molecule has 2 aliphatic rings. The molecule has 3 aromatic rings. The van der Waals surface area contributed by atoms with Crippen LogP contribution < -0.4 is 10.6 Å². The van der Waals surface area contributed by atoms with Crippen LogP contribution in [0.25, 0.3) is 22.0 Å². The van der Waals surface area contributed by atoms with Crippen LogP contribution >= 0.6 is 0 Å². The molecular weight excluding hydrogens is 400 g/mol. The maximum absolute atomic E-state index is 13.1. The third-order valence-electron chi connectivity index (χ3n) is 6.61. The minimum Gasteiger partial charge on any atom is -0.373 e. The molecule has 0 spiro atoms. The van der Waals surface area contributed by atoms with Crippen LogP contribution in [0.15, 0.2) is 47.8 Å². The van der Waals surface area contributed by atoms with Crippen LogP contribution in [0.2, 0.25) is 0 Å². The van der Waals surface area contributed by atoms with E-state index in [1.54, 1.807) is 0 Å². The van der Waals surface area contributed by atoms with Gasteiger partial charge in [-0.3, -0.25) is 14.8 Å². The number of aromatic nitrogens is 2. The van der Waals surface area contributed by atoms with Crippen molar-refractivity contribution in [1.82, 2.24) is 15.0 Å². The van der Waals surface area contributed by atoms with E-state index in [0.29, 0.717) is 5.92 Å². The van der Waals surface area contributed by atoms with Crippen molar-refractivity contribution in [3.05, 3.63) is 48.3 Å². The minimum absolute atomic E-state index is 0.00517. The third kappa shape index (κ3) is 3.79. The molecule has 1 aromatic carbocycles. The molecule has 0 radical (unpaired) electrons. The largest absolute Gasteiger partial charge is 0.373 e. The van der Waals surface area contributed by atoms with Crippen molar-refractivity contribution in [1.29, 1.82) is 0 Å². The number of hydrazone groups is 1. The predicted octanol–water partition coefficient (Wildman–Crippen LogP) is 4.30. The summed E-state index contributed by atoms with van der Waals surface area (Å²) in [6.07, 6.45) is 7.65. The highest BCUT2D eigenvalue weighted by Crippen LogP contribution is 2.32. The fourth-order valence-electron chi connectivity index (χ4n) is 4.69. The molecule has 2 aliphatic heterocycles. The van der Waals surface area contributed by atoms with E-state index in [0.717, 1.165) is 58.5 Å². The first-order valence-corrected chi connectivity index (χ1v) is 11.2. The zero-order valence-corrected chi connectivity index (χ0v) is 18.7. The van der Waals surface area contributed by atoms with Crippen molar-refractivity contribution >= 4 is 34.5 Å². The Kier molecular flexibility index (Phi) is 5.25. The van der Waals surface area contributed by atoms with Crippen LogP contribution in [0.5, 0.6) is 0 Å². The van der Waals surface area contributed by atoms with Gasteiger partial charge in [-0.05, 0) is 55.0 Å². The Balaban J connectivity index is 1.39. The van der Waals surface area contributed by atoms with Gasteiger partial charge in [0.05, 0.1) is 17.5 Å². The van der Waals surface area contributed by atoms with E-state index in [-0.39, 0.29) is 17.9 Å². The van der Waals surface area contributed by atoms with Gasteiger partial charge in [0.2, 0.25) is 5.91 Å². The second-order valence-electron chi connectivity index (χ2n) is 8.91. The van der Waals surface area contributed by atoms with Crippen LogP contribution in [-0.4, -0.2) is 46.7 Å². The zero-order valence-electron chi connectivity index (χ0n) is 18.7. The highest BCUT2D eigenvalue weighted by molar-refractivity contribution is 6.03. The topological polar surface area (TPSA) is 82.5 Å². The summed E-state index contributed by atoms with van der Waals surface area (Å²) in [5.74, 6) is 1.21. The van der Waals surface area contributed by atoms with Crippen molar-refractivity contribution in [2.24, 2.45) is 16.9 Å². The number of pyridine rings is 2. The summed E-state index contributed by atoms with van der Waals surface area (Å²) in [6, 6.07) is 10.2. The monoisotopic (exact) mass is 428 g/mol. The average Bonchev–Trinajstić information content (AvgIpc) is 3.22. The summed E-state index contributed by atoms with van der Waals surface area (Å²) in [7, 11) is 1.84. The van der Waals surface area contributed by atoms with Gasteiger partial charge < -0.3 is 10.6 Å². The van der Waals surface area contributed by atoms with Crippen molar-refractivity contribution in [3.63, 3.8) is 0 Å². The Morgan fingerprint density at radius 2 is 2.03 bits per heavy atom.